The SMILES string of the molecule is C[C@]12CC[C@H](OC(=O)CCCC(=O)NCCS(=O)(=O)O)C[C@@H]1CC[C@@H]1[C@@H]2CC[C@]2(C)[C@@H](OC(=O)CCCC(=O)NCCS(=O)(=O)O)CC[C@@H]12. The van der Waals surface area contributed by atoms with E-state index in [2.05, 4.69) is 24.5 Å². The highest BCUT2D eigenvalue weighted by molar-refractivity contribution is 7.86. The first-order valence-corrected chi connectivity index (χ1v) is 20.9. The van der Waals surface area contributed by atoms with Gasteiger partial charge in [-0.3, -0.25) is 28.3 Å². The Morgan fingerprint density at radius 1 is 0.673 bits per heavy atom. The molecule has 2 amide bonds. The van der Waals surface area contributed by atoms with Crippen molar-refractivity contribution in [3.8, 4) is 0 Å². The van der Waals surface area contributed by atoms with Gasteiger partial charge in [-0.2, -0.15) is 16.8 Å². The first kappa shape index (κ1) is 39.5. The second kappa shape index (κ2) is 16.4. The number of carbonyl (C=O) groups excluding carboxylic acids is 4. The monoisotopic (exact) mass is 734 g/mol. The highest BCUT2D eigenvalue weighted by Crippen LogP contribution is 2.66. The van der Waals surface area contributed by atoms with E-state index in [9.17, 15) is 36.0 Å². The van der Waals surface area contributed by atoms with Crippen LogP contribution < -0.4 is 10.6 Å². The lowest BCUT2D eigenvalue weighted by atomic mass is 9.45. The molecular weight excluding hydrogens is 680 g/mol. The fourth-order valence-electron chi connectivity index (χ4n) is 9.54. The Hall–Kier alpha value is -2.30. The van der Waals surface area contributed by atoms with Crippen LogP contribution in [0.15, 0.2) is 0 Å². The fourth-order valence-corrected chi connectivity index (χ4v) is 10.3. The van der Waals surface area contributed by atoms with Crippen molar-refractivity contribution >= 4 is 44.0 Å². The number of hydrogen-bond donors (Lipinski definition) is 4. The zero-order valence-electron chi connectivity index (χ0n) is 28.7. The Morgan fingerprint density at radius 3 is 1.78 bits per heavy atom. The number of fused-ring (bicyclic) bond motifs is 5. The van der Waals surface area contributed by atoms with Crippen molar-refractivity contribution in [2.24, 2.45) is 34.5 Å². The molecule has 0 aliphatic heterocycles. The summed E-state index contributed by atoms with van der Waals surface area (Å²) in [5, 5.41) is 4.84. The summed E-state index contributed by atoms with van der Waals surface area (Å²) in [6.45, 7) is 4.32. The molecule has 16 heteroatoms. The Labute approximate surface area is 290 Å². The van der Waals surface area contributed by atoms with E-state index < -0.39 is 31.7 Å². The molecule has 0 unspecified atom stereocenters. The van der Waals surface area contributed by atoms with Gasteiger partial charge in [0, 0.05) is 44.2 Å². The third kappa shape index (κ3) is 10.8. The molecule has 0 aromatic rings. The minimum Gasteiger partial charge on any atom is -0.462 e. The van der Waals surface area contributed by atoms with Crippen molar-refractivity contribution in [3.63, 3.8) is 0 Å². The smallest absolute Gasteiger partial charge is 0.306 e. The van der Waals surface area contributed by atoms with Crippen LogP contribution in [0.5, 0.6) is 0 Å². The van der Waals surface area contributed by atoms with Crippen LogP contribution >= 0.6 is 0 Å². The van der Waals surface area contributed by atoms with Gasteiger partial charge in [0.1, 0.15) is 12.2 Å². The number of carbonyl (C=O) groups is 4. The minimum absolute atomic E-state index is 0.0669. The molecule has 280 valence electrons. The van der Waals surface area contributed by atoms with E-state index in [4.69, 9.17) is 18.6 Å². The molecule has 8 atom stereocenters. The summed E-state index contributed by atoms with van der Waals surface area (Å²) in [7, 11) is -8.29. The topological polar surface area (TPSA) is 220 Å². The normalized spacial score (nSPS) is 32.6. The lowest BCUT2D eigenvalue weighted by Crippen LogP contribution is -2.55. The van der Waals surface area contributed by atoms with Gasteiger partial charge in [0.15, 0.2) is 0 Å². The van der Waals surface area contributed by atoms with Gasteiger partial charge in [-0.15, -0.1) is 0 Å². The minimum atomic E-state index is -4.15. The van der Waals surface area contributed by atoms with Crippen molar-refractivity contribution in [2.75, 3.05) is 24.6 Å². The van der Waals surface area contributed by atoms with Crippen LogP contribution in [0.3, 0.4) is 0 Å². The standard InChI is InChI=1S/C33H54N2O12S2/c1-32-15-13-23(46-30(38)7-3-5-28(36)34-17-19-48(40,41)42)21-22(32)9-10-24-25-11-12-27(33(25,2)16-14-26(24)32)47-31(39)8-4-6-29(37)35-18-20-49(43,44)45/h22-27H,3-21H2,1-2H3,(H,34,36)(H,35,37)(H,40,41,42)(H,43,44,45)/t22-,23-,24-,25-,26-,27-,32-,33-/m0/s1. The molecule has 4 saturated carbocycles. The highest BCUT2D eigenvalue weighted by Gasteiger charge is 2.61. The summed E-state index contributed by atoms with van der Waals surface area (Å²) in [5.41, 5.74) is 0.0668. The highest BCUT2D eigenvalue weighted by atomic mass is 32.2. The van der Waals surface area contributed by atoms with Crippen molar-refractivity contribution in [2.45, 2.75) is 122 Å². The summed E-state index contributed by atoms with van der Waals surface area (Å²) in [6.07, 6.45) is 9.34. The summed E-state index contributed by atoms with van der Waals surface area (Å²) in [4.78, 5) is 49.2. The van der Waals surface area contributed by atoms with Crippen LogP contribution in [0.25, 0.3) is 0 Å². The molecule has 4 fully saturated rings. The quantitative estimate of drug-likeness (QED) is 0.133. The van der Waals surface area contributed by atoms with Crippen molar-refractivity contribution in [3.05, 3.63) is 0 Å². The molecule has 49 heavy (non-hydrogen) atoms. The predicted octanol–water partition coefficient (Wildman–Crippen LogP) is 3.20. The molecule has 14 nitrogen and oxygen atoms in total. The summed E-state index contributed by atoms with van der Waals surface area (Å²) >= 11 is 0. The zero-order valence-corrected chi connectivity index (χ0v) is 30.3. The van der Waals surface area contributed by atoms with Crippen molar-refractivity contribution in [1.82, 2.24) is 10.6 Å². The van der Waals surface area contributed by atoms with Crippen LogP contribution in [0, 0.1) is 34.5 Å². The summed E-state index contributed by atoms with van der Waals surface area (Å²) in [5.74, 6) is -0.474. The molecule has 0 heterocycles. The van der Waals surface area contributed by atoms with Gasteiger partial charge < -0.3 is 20.1 Å². The van der Waals surface area contributed by atoms with Crippen LogP contribution in [-0.4, -0.2) is 86.5 Å². The van der Waals surface area contributed by atoms with Crippen LogP contribution in [0.1, 0.15) is 110 Å². The third-order valence-corrected chi connectivity index (χ3v) is 13.5. The second-order valence-electron chi connectivity index (χ2n) is 15.1. The van der Waals surface area contributed by atoms with E-state index >= 15 is 0 Å². The van der Waals surface area contributed by atoms with Gasteiger partial charge in [-0.1, -0.05) is 13.8 Å². The summed E-state index contributed by atoms with van der Waals surface area (Å²) in [6, 6.07) is 0. The molecule has 0 aromatic heterocycles. The van der Waals surface area contributed by atoms with Gasteiger partial charge in [0.05, 0.1) is 11.5 Å². The lowest BCUT2D eigenvalue weighted by molar-refractivity contribution is -0.169. The van der Waals surface area contributed by atoms with E-state index in [1.807, 2.05) is 0 Å². The molecule has 4 rings (SSSR count). The number of hydrogen-bond acceptors (Lipinski definition) is 10. The van der Waals surface area contributed by atoms with Crippen LogP contribution in [-0.2, 0) is 48.9 Å². The Balaban J connectivity index is 1.19. The average molecular weight is 735 g/mol. The zero-order chi connectivity index (χ0) is 36.0. The number of rotatable bonds is 16. The maximum atomic E-state index is 12.8. The maximum Gasteiger partial charge on any atom is 0.306 e. The maximum absolute atomic E-state index is 12.8. The Kier molecular flexibility index (Phi) is 13.2. The first-order valence-electron chi connectivity index (χ1n) is 17.7. The number of nitrogens with one attached hydrogen (secondary N) is 2. The van der Waals surface area contributed by atoms with Crippen molar-refractivity contribution in [1.29, 1.82) is 0 Å². The molecular formula is C33H54N2O12S2. The van der Waals surface area contributed by atoms with Gasteiger partial charge in [0.2, 0.25) is 11.8 Å². The lowest BCUT2D eigenvalue weighted by Gasteiger charge is -2.60. The van der Waals surface area contributed by atoms with Gasteiger partial charge in [-0.25, -0.2) is 0 Å². The van der Waals surface area contributed by atoms with Gasteiger partial charge in [0.25, 0.3) is 20.2 Å². The first-order chi connectivity index (χ1) is 22.9. The predicted molar refractivity (Wildman–Crippen MR) is 178 cm³/mol. The molecule has 4 aliphatic rings. The van der Waals surface area contributed by atoms with Crippen LogP contribution in [0.2, 0.25) is 0 Å². The van der Waals surface area contributed by atoms with E-state index in [0.29, 0.717) is 36.5 Å². The van der Waals surface area contributed by atoms with Crippen molar-refractivity contribution < 1.29 is 54.6 Å². The number of esters is 2. The molecule has 0 radical (unpaired) electrons. The van der Waals surface area contributed by atoms with E-state index in [1.165, 1.54) is 0 Å². The number of ether oxygens (including phenoxy) is 2. The molecule has 4 aliphatic carbocycles. The molecule has 4 N–H and O–H groups in total. The fraction of sp³-hybridized carbons (Fsp3) is 0.879. The third-order valence-electron chi connectivity index (χ3n) is 12.0. The Bertz CT molecular complexity index is 1440. The average Bonchev–Trinajstić information content (AvgIpc) is 3.31. The molecule has 0 aromatic carbocycles. The van der Waals surface area contributed by atoms with E-state index in [-0.39, 0.29) is 85.6 Å². The number of amides is 2. The molecule has 0 spiro atoms. The molecule has 0 saturated heterocycles. The van der Waals surface area contributed by atoms with Gasteiger partial charge in [-0.05, 0) is 99.7 Å². The van der Waals surface area contributed by atoms with Crippen LogP contribution in [0.4, 0.5) is 0 Å². The van der Waals surface area contributed by atoms with Gasteiger partial charge >= 0.3 is 11.9 Å². The largest absolute Gasteiger partial charge is 0.462 e. The Morgan fingerprint density at radius 2 is 1.20 bits per heavy atom. The summed E-state index contributed by atoms with van der Waals surface area (Å²) < 4.78 is 72.5. The van der Waals surface area contributed by atoms with E-state index in [1.54, 1.807) is 0 Å². The van der Waals surface area contributed by atoms with E-state index in [0.717, 1.165) is 57.8 Å². The second-order valence-corrected chi connectivity index (χ2v) is 18.3. The molecule has 0 bridgehead atoms.